The normalized spacial score (nSPS) is 15.3. The van der Waals surface area contributed by atoms with Crippen LogP contribution in [-0.4, -0.2) is 36.0 Å². The number of rotatable bonds is 9. The summed E-state index contributed by atoms with van der Waals surface area (Å²) in [6.07, 6.45) is 3.53. The first-order valence-electron chi connectivity index (χ1n) is 10.9. The molecule has 0 radical (unpaired) electrons. The lowest BCUT2D eigenvalue weighted by molar-refractivity contribution is -0.130. The zero-order valence-corrected chi connectivity index (χ0v) is 19.2. The van der Waals surface area contributed by atoms with Crippen LogP contribution in [0.15, 0.2) is 59.5 Å². The quantitative estimate of drug-likeness (QED) is 0.440. The van der Waals surface area contributed by atoms with Gasteiger partial charge in [-0.25, -0.2) is 4.31 Å². The molecule has 0 atom stereocenters. The summed E-state index contributed by atoms with van der Waals surface area (Å²) in [6, 6.07) is 19.8. The molecule has 6 heteroatoms. The molecule has 3 rings (SSSR count). The predicted octanol–water partition coefficient (Wildman–Crippen LogP) is 5.03. The van der Waals surface area contributed by atoms with Crippen LogP contribution >= 0.6 is 11.9 Å². The second-order valence-electron chi connectivity index (χ2n) is 8.55. The summed E-state index contributed by atoms with van der Waals surface area (Å²) in [5.74, 6) is 1.00. The Morgan fingerprint density at radius 2 is 1.84 bits per heavy atom. The van der Waals surface area contributed by atoms with Gasteiger partial charge >= 0.3 is 0 Å². The van der Waals surface area contributed by atoms with Crippen molar-refractivity contribution in [2.45, 2.75) is 50.5 Å². The maximum Gasteiger partial charge on any atom is 0.225 e. The van der Waals surface area contributed by atoms with Crippen molar-refractivity contribution >= 4 is 17.9 Å². The highest BCUT2D eigenvalue weighted by atomic mass is 32.2. The first-order chi connectivity index (χ1) is 15.0. The van der Waals surface area contributed by atoms with E-state index in [0.717, 1.165) is 49.4 Å². The fourth-order valence-corrected chi connectivity index (χ4v) is 4.50. The van der Waals surface area contributed by atoms with Crippen molar-refractivity contribution in [2.75, 3.05) is 19.7 Å². The van der Waals surface area contributed by atoms with E-state index in [1.54, 1.807) is 11.9 Å². The number of hydrogen-bond acceptors (Lipinski definition) is 5. The number of para-hydroxylation sites is 1. The summed E-state index contributed by atoms with van der Waals surface area (Å²) in [4.78, 5) is 14.0. The molecule has 31 heavy (non-hydrogen) atoms. The van der Waals surface area contributed by atoms with Crippen LogP contribution in [-0.2, 0) is 4.79 Å². The van der Waals surface area contributed by atoms with E-state index in [1.165, 1.54) is 0 Å². The van der Waals surface area contributed by atoms with Crippen LogP contribution in [0.2, 0.25) is 0 Å². The second kappa shape index (κ2) is 11.2. The topological polar surface area (TPSA) is 65.4 Å². The SMILES string of the molecule is CC(C)(CCCOc1ccccc1)C(=O)NC1CCN(Sc2ccc(C#N)cc2)CC1. The molecule has 1 aliphatic rings. The van der Waals surface area contributed by atoms with Gasteiger partial charge in [-0.15, -0.1) is 0 Å². The van der Waals surface area contributed by atoms with Gasteiger partial charge < -0.3 is 10.1 Å². The molecule has 0 aromatic heterocycles. The third-order valence-electron chi connectivity index (χ3n) is 5.58. The molecule has 5 nitrogen and oxygen atoms in total. The molecule has 1 heterocycles. The van der Waals surface area contributed by atoms with Gasteiger partial charge in [0, 0.05) is 29.4 Å². The molecular formula is C25H31N3O2S. The average molecular weight is 438 g/mol. The Bertz CT molecular complexity index is 870. The van der Waals surface area contributed by atoms with Crippen LogP contribution in [0.1, 0.15) is 45.1 Å². The van der Waals surface area contributed by atoms with Crippen LogP contribution in [0, 0.1) is 16.7 Å². The summed E-state index contributed by atoms with van der Waals surface area (Å²) in [7, 11) is 0. The van der Waals surface area contributed by atoms with E-state index in [2.05, 4.69) is 15.7 Å². The number of nitriles is 1. The number of nitrogens with zero attached hydrogens (tertiary/aromatic N) is 2. The number of ether oxygens (including phenoxy) is 1. The molecule has 1 amide bonds. The zero-order valence-electron chi connectivity index (χ0n) is 18.3. The van der Waals surface area contributed by atoms with Crippen molar-refractivity contribution < 1.29 is 9.53 Å². The molecule has 2 aromatic rings. The average Bonchev–Trinajstić information content (AvgIpc) is 2.79. The maximum absolute atomic E-state index is 12.8. The molecule has 0 bridgehead atoms. The lowest BCUT2D eigenvalue weighted by Crippen LogP contribution is -2.47. The maximum atomic E-state index is 12.8. The van der Waals surface area contributed by atoms with Crippen LogP contribution in [0.5, 0.6) is 5.75 Å². The summed E-state index contributed by atoms with van der Waals surface area (Å²) in [5, 5.41) is 12.2. The molecule has 0 saturated carbocycles. The van der Waals surface area contributed by atoms with Crippen molar-refractivity contribution in [3.63, 3.8) is 0 Å². The van der Waals surface area contributed by atoms with E-state index >= 15 is 0 Å². The smallest absolute Gasteiger partial charge is 0.225 e. The highest BCUT2D eigenvalue weighted by Crippen LogP contribution is 2.28. The van der Waals surface area contributed by atoms with Gasteiger partial charge in [-0.05, 0) is 74.0 Å². The first kappa shape index (κ1) is 23.2. The molecule has 0 spiro atoms. The van der Waals surface area contributed by atoms with E-state index in [-0.39, 0.29) is 11.9 Å². The van der Waals surface area contributed by atoms with Gasteiger partial charge in [0.25, 0.3) is 0 Å². The number of amides is 1. The number of carbonyl (C=O) groups is 1. The van der Waals surface area contributed by atoms with E-state index in [1.807, 2.05) is 68.4 Å². The molecule has 1 fully saturated rings. The molecular weight excluding hydrogens is 406 g/mol. The van der Waals surface area contributed by atoms with Gasteiger partial charge in [0.15, 0.2) is 0 Å². The molecule has 1 saturated heterocycles. The van der Waals surface area contributed by atoms with E-state index in [9.17, 15) is 4.79 Å². The van der Waals surface area contributed by atoms with E-state index in [0.29, 0.717) is 12.2 Å². The third-order valence-corrected chi connectivity index (χ3v) is 6.69. The van der Waals surface area contributed by atoms with E-state index in [4.69, 9.17) is 10.00 Å². The van der Waals surface area contributed by atoms with Crippen molar-refractivity contribution in [3.05, 3.63) is 60.2 Å². The minimum absolute atomic E-state index is 0.130. The number of carbonyl (C=O) groups excluding carboxylic acids is 1. The Morgan fingerprint density at radius 1 is 1.16 bits per heavy atom. The molecule has 2 aromatic carbocycles. The van der Waals surface area contributed by atoms with Crippen molar-refractivity contribution in [1.29, 1.82) is 5.26 Å². The Morgan fingerprint density at radius 3 is 2.48 bits per heavy atom. The minimum Gasteiger partial charge on any atom is -0.494 e. The second-order valence-corrected chi connectivity index (χ2v) is 9.72. The van der Waals surface area contributed by atoms with E-state index < -0.39 is 5.41 Å². The van der Waals surface area contributed by atoms with Crippen LogP contribution < -0.4 is 10.1 Å². The number of nitrogens with one attached hydrogen (secondary N) is 1. The summed E-state index contributed by atoms with van der Waals surface area (Å²) >= 11 is 1.72. The number of piperidine rings is 1. The lowest BCUT2D eigenvalue weighted by Gasteiger charge is -2.33. The summed E-state index contributed by atoms with van der Waals surface area (Å²) in [5.41, 5.74) is 0.272. The fraction of sp³-hybridized carbons (Fsp3) is 0.440. The molecule has 0 aliphatic carbocycles. The molecule has 1 N–H and O–H groups in total. The number of benzene rings is 2. The molecule has 164 valence electrons. The van der Waals surface area contributed by atoms with Gasteiger partial charge in [0.1, 0.15) is 5.75 Å². The first-order valence-corrected chi connectivity index (χ1v) is 11.7. The minimum atomic E-state index is -0.408. The Labute approximate surface area is 189 Å². The van der Waals surface area contributed by atoms with Crippen molar-refractivity contribution in [1.82, 2.24) is 9.62 Å². The van der Waals surface area contributed by atoms with Crippen molar-refractivity contribution in [3.8, 4) is 11.8 Å². The largest absolute Gasteiger partial charge is 0.494 e. The highest BCUT2D eigenvalue weighted by Gasteiger charge is 2.30. The Balaban J connectivity index is 1.36. The molecule has 1 aliphatic heterocycles. The van der Waals surface area contributed by atoms with Gasteiger partial charge in [-0.3, -0.25) is 4.79 Å². The standard InChI is InChI=1S/C25H31N3O2S/c1-25(2,15-6-18-30-22-7-4-3-5-8-22)24(29)27-21-13-16-28(17-14-21)31-23-11-9-20(19-26)10-12-23/h3-5,7-12,21H,6,13-18H2,1-2H3,(H,27,29). The Kier molecular flexibility index (Phi) is 8.39. The monoisotopic (exact) mass is 437 g/mol. The molecule has 0 unspecified atom stereocenters. The lowest BCUT2D eigenvalue weighted by atomic mass is 9.86. The van der Waals surface area contributed by atoms with Gasteiger partial charge in [-0.2, -0.15) is 5.26 Å². The fourth-order valence-electron chi connectivity index (χ4n) is 3.55. The van der Waals surface area contributed by atoms with Gasteiger partial charge in [0.05, 0.1) is 18.2 Å². The number of hydrogen-bond donors (Lipinski definition) is 1. The summed E-state index contributed by atoms with van der Waals surface area (Å²) in [6.45, 7) is 6.51. The van der Waals surface area contributed by atoms with Crippen molar-refractivity contribution in [2.24, 2.45) is 5.41 Å². The van der Waals surface area contributed by atoms with Crippen LogP contribution in [0.3, 0.4) is 0 Å². The van der Waals surface area contributed by atoms with Crippen LogP contribution in [0.25, 0.3) is 0 Å². The van der Waals surface area contributed by atoms with Gasteiger partial charge in [-0.1, -0.05) is 32.0 Å². The highest BCUT2D eigenvalue weighted by molar-refractivity contribution is 7.97. The Hall–Kier alpha value is -2.49. The van der Waals surface area contributed by atoms with Crippen LogP contribution in [0.4, 0.5) is 0 Å². The zero-order chi connectivity index (χ0) is 22.1. The summed E-state index contributed by atoms with van der Waals surface area (Å²) < 4.78 is 8.08. The predicted molar refractivity (Wildman–Crippen MR) is 125 cm³/mol. The van der Waals surface area contributed by atoms with Gasteiger partial charge in [0.2, 0.25) is 5.91 Å². The third kappa shape index (κ3) is 7.30.